The Kier molecular flexibility index (Phi) is 2.91. The number of nitrogens with two attached hydrogens (primary N) is 1. The van der Waals surface area contributed by atoms with Crippen molar-refractivity contribution in [3.8, 4) is 5.75 Å². The molecule has 0 spiro atoms. The standard InChI is InChI=1S/C9H10INO3S/c10-8-4-3-7(14-6-1-2-6)5-9(8)15(11,12)13/h3-6H,1-2H2,(H2,11,12,13). The minimum absolute atomic E-state index is 0.126. The van der Waals surface area contributed by atoms with Crippen LogP contribution < -0.4 is 9.88 Å². The summed E-state index contributed by atoms with van der Waals surface area (Å²) in [5, 5.41) is 5.08. The van der Waals surface area contributed by atoms with Gasteiger partial charge in [0.05, 0.1) is 11.0 Å². The van der Waals surface area contributed by atoms with Crippen LogP contribution in [0.3, 0.4) is 0 Å². The summed E-state index contributed by atoms with van der Waals surface area (Å²) in [6.45, 7) is 0. The molecule has 6 heteroatoms. The first-order chi connectivity index (χ1) is 6.97. The zero-order valence-corrected chi connectivity index (χ0v) is 10.8. The highest BCUT2D eigenvalue weighted by atomic mass is 127. The number of hydrogen-bond donors (Lipinski definition) is 1. The van der Waals surface area contributed by atoms with Gasteiger partial charge in [-0.05, 0) is 47.6 Å². The molecule has 2 rings (SSSR count). The maximum atomic E-state index is 11.2. The molecule has 1 fully saturated rings. The molecule has 0 saturated heterocycles. The van der Waals surface area contributed by atoms with Crippen LogP contribution in [0.2, 0.25) is 0 Å². The molecule has 1 aromatic rings. The molecule has 82 valence electrons. The zero-order chi connectivity index (χ0) is 11.1. The van der Waals surface area contributed by atoms with E-state index in [4.69, 9.17) is 9.88 Å². The molecule has 0 atom stereocenters. The summed E-state index contributed by atoms with van der Waals surface area (Å²) < 4.78 is 28.6. The van der Waals surface area contributed by atoms with E-state index < -0.39 is 10.0 Å². The Balaban J connectivity index is 2.35. The van der Waals surface area contributed by atoms with Crippen LogP contribution >= 0.6 is 22.6 Å². The minimum Gasteiger partial charge on any atom is -0.490 e. The molecule has 0 aromatic heterocycles. The maximum absolute atomic E-state index is 11.2. The predicted octanol–water partition coefficient (Wildman–Crippen LogP) is 1.48. The van der Waals surface area contributed by atoms with E-state index in [2.05, 4.69) is 0 Å². The van der Waals surface area contributed by atoms with Gasteiger partial charge in [0, 0.05) is 9.64 Å². The van der Waals surface area contributed by atoms with Gasteiger partial charge in [-0.2, -0.15) is 0 Å². The summed E-state index contributed by atoms with van der Waals surface area (Å²) >= 11 is 1.94. The second kappa shape index (κ2) is 3.91. The fourth-order valence-corrected chi connectivity index (χ4v) is 3.03. The summed E-state index contributed by atoms with van der Waals surface area (Å²) in [6, 6.07) is 4.93. The Hall–Kier alpha value is -0.340. The molecule has 0 radical (unpaired) electrons. The Morgan fingerprint density at radius 3 is 2.60 bits per heavy atom. The lowest BCUT2D eigenvalue weighted by Gasteiger charge is -2.07. The van der Waals surface area contributed by atoms with Gasteiger partial charge in [0.1, 0.15) is 5.75 Å². The maximum Gasteiger partial charge on any atom is 0.239 e. The highest BCUT2D eigenvalue weighted by Crippen LogP contribution is 2.29. The van der Waals surface area contributed by atoms with E-state index in [1.54, 1.807) is 12.1 Å². The van der Waals surface area contributed by atoms with Gasteiger partial charge in [0.2, 0.25) is 10.0 Å². The molecule has 0 heterocycles. The first kappa shape index (κ1) is 11.2. The normalized spacial score (nSPS) is 16.4. The third kappa shape index (κ3) is 2.82. The van der Waals surface area contributed by atoms with Crippen LogP contribution in [0.1, 0.15) is 12.8 Å². The number of ether oxygens (including phenoxy) is 1. The van der Waals surface area contributed by atoms with Crippen LogP contribution in [0.15, 0.2) is 23.1 Å². The van der Waals surface area contributed by atoms with E-state index in [0.717, 1.165) is 12.8 Å². The molecule has 4 nitrogen and oxygen atoms in total. The van der Waals surface area contributed by atoms with Gasteiger partial charge in [0.25, 0.3) is 0 Å². The summed E-state index contributed by atoms with van der Waals surface area (Å²) in [7, 11) is -3.66. The molecule has 0 bridgehead atoms. The van der Waals surface area contributed by atoms with Crippen molar-refractivity contribution in [2.24, 2.45) is 5.14 Å². The predicted molar refractivity (Wildman–Crippen MR) is 64.2 cm³/mol. The van der Waals surface area contributed by atoms with Gasteiger partial charge >= 0.3 is 0 Å². The Morgan fingerprint density at radius 2 is 2.07 bits per heavy atom. The Morgan fingerprint density at radius 1 is 1.40 bits per heavy atom. The quantitative estimate of drug-likeness (QED) is 0.848. The van der Waals surface area contributed by atoms with E-state index in [9.17, 15) is 8.42 Å². The van der Waals surface area contributed by atoms with Crippen LogP contribution in [0, 0.1) is 3.57 Å². The number of rotatable bonds is 3. The SMILES string of the molecule is NS(=O)(=O)c1cc(OC2CC2)ccc1I. The topological polar surface area (TPSA) is 69.4 Å². The minimum atomic E-state index is -3.66. The number of halogens is 1. The van der Waals surface area contributed by atoms with Gasteiger partial charge in [-0.1, -0.05) is 0 Å². The lowest BCUT2D eigenvalue weighted by Crippen LogP contribution is -2.14. The fourth-order valence-electron chi connectivity index (χ4n) is 1.15. The van der Waals surface area contributed by atoms with Crippen LogP contribution in [-0.4, -0.2) is 14.5 Å². The molecule has 1 aromatic carbocycles. The van der Waals surface area contributed by atoms with Crippen molar-refractivity contribution in [2.75, 3.05) is 0 Å². The van der Waals surface area contributed by atoms with Gasteiger partial charge in [-0.3, -0.25) is 0 Å². The zero-order valence-electron chi connectivity index (χ0n) is 7.81. The number of benzene rings is 1. The van der Waals surface area contributed by atoms with Gasteiger partial charge in [0.15, 0.2) is 0 Å². The number of hydrogen-bond acceptors (Lipinski definition) is 3. The summed E-state index contributed by atoms with van der Waals surface area (Å²) in [6.07, 6.45) is 2.33. The second-order valence-corrected chi connectivity index (χ2v) is 6.15. The van der Waals surface area contributed by atoms with Crippen molar-refractivity contribution < 1.29 is 13.2 Å². The average molecular weight is 339 g/mol. The lowest BCUT2D eigenvalue weighted by atomic mass is 10.3. The van der Waals surface area contributed by atoms with Crippen molar-refractivity contribution in [3.05, 3.63) is 21.8 Å². The monoisotopic (exact) mass is 339 g/mol. The van der Waals surface area contributed by atoms with Crippen molar-refractivity contribution in [1.82, 2.24) is 0 Å². The molecule has 2 N–H and O–H groups in total. The molecule has 1 saturated carbocycles. The molecular weight excluding hydrogens is 329 g/mol. The van der Waals surface area contributed by atoms with E-state index in [-0.39, 0.29) is 11.0 Å². The van der Waals surface area contributed by atoms with Crippen LogP contribution in [0.25, 0.3) is 0 Å². The summed E-state index contributed by atoms with van der Waals surface area (Å²) in [5.74, 6) is 0.571. The molecule has 1 aliphatic rings. The van der Waals surface area contributed by atoms with E-state index >= 15 is 0 Å². The molecule has 15 heavy (non-hydrogen) atoms. The smallest absolute Gasteiger partial charge is 0.239 e. The Bertz CT molecular complexity index is 482. The first-order valence-corrected chi connectivity index (χ1v) is 7.08. The van der Waals surface area contributed by atoms with Crippen molar-refractivity contribution >= 4 is 32.6 Å². The highest BCUT2D eigenvalue weighted by molar-refractivity contribution is 14.1. The van der Waals surface area contributed by atoms with E-state index in [1.165, 1.54) is 6.07 Å². The largest absolute Gasteiger partial charge is 0.490 e. The van der Waals surface area contributed by atoms with Gasteiger partial charge in [-0.15, -0.1) is 0 Å². The molecule has 0 unspecified atom stereocenters. The molecule has 0 aliphatic heterocycles. The van der Waals surface area contributed by atoms with Crippen molar-refractivity contribution in [2.45, 2.75) is 23.8 Å². The third-order valence-corrected chi connectivity index (χ3v) is 4.29. The number of sulfonamides is 1. The third-order valence-electron chi connectivity index (χ3n) is 2.04. The lowest BCUT2D eigenvalue weighted by molar-refractivity contribution is 0.302. The fraction of sp³-hybridized carbons (Fsp3) is 0.333. The summed E-state index contributed by atoms with van der Waals surface area (Å²) in [4.78, 5) is 0.126. The molecule has 0 amide bonds. The van der Waals surface area contributed by atoms with Crippen molar-refractivity contribution in [1.29, 1.82) is 0 Å². The average Bonchev–Trinajstić information content (AvgIpc) is 2.90. The van der Waals surface area contributed by atoms with Crippen LogP contribution in [-0.2, 0) is 10.0 Å². The van der Waals surface area contributed by atoms with E-state index in [0.29, 0.717) is 9.32 Å². The first-order valence-electron chi connectivity index (χ1n) is 4.46. The molecule has 1 aliphatic carbocycles. The van der Waals surface area contributed by atoms with Crippen LogP contribution in [0.5, 0.6) is 5.75 Å². The Labute approximate surface area is 102 Å². The van der Waals surface area contributed by atoms with E-state index in [1.807, 2.05) is 22.6 Å². The van der Waals surface area contributed by atoms with Gasteiger partial charge < -0.3 is 4.74 Å². The van der Waals surface area contributed by atoms with Crippen molar-refractivity contribution in [3.63, 3.8) is 0 Å². The van der Waals surface area contributed by atoms with Crippen LogP contribution in [0.4, 0.5) is 0 Å². The second-order valence-electron chi connectivity index (χ2n) is 3.45. The van der Waals surface area contributed by atoms with Gasteiger partial charge in [-0.25, -0.2) is 13.6 Å². The summed E-state index contributed by atoms with van der Waals surface area (Å²) in [5.41, 5.74) is 0. The number of primary sulfonamides is 1. The highest BCUT2D eigenvalue weighted by Gasteiger charge is 2.24. The molecular formula is C9H10INO3S.